The van der Waals surface area contributed by atoms with Crippen LogP contribution < -0.4 is 0 Å². The van der Waals surface area contributed by atoms with Crippen molar-refractivity contribution >= 4 is 41.2 Å². The minimum atomic E-state index is 0.652. The molecular formula is C19H18N4S3. The first-order valence-corrected chi connectivity index (χ1v) is 10.6. The Bertz CT molecular complexity index is 1140. The zero-order valence-electron chi connectivity index (χ0n) is 14.8. The van der Waals surface area contributed by atoms with Crippen LogP contribution in [-0.4, -0.2) is 24.6 Å². The minimum absolute atomic E-state index is 0.652. The van der Waals surface area contributed by atoms with Gasteiger partial charge in [0.05, 0.1) is 17.9 Å². The highest BCUT2D eigenvalue weighted by Crippen LogP contribution is 2.28. The SMILES string of the molecule is CSc1nsc(=S)n1Cc1c(-c2ccc(C)cc2)nc2ccc(C)cn12. The Morgan fingerprint density at radius 3 is 2.54 bits per heavy atom. The lowest BCUT2D eigenvalue weighted by Gasteiger charge is -2.09. The van der Waals surface area contributed by atoms with E-state index in [1.807, 2.05) is 6.26 Å². The Morgan fingerprint density at radius 1 is 1.08 bits per heavy atom. The van der Waals surface area contributed by atoms with Crippen LogP contribution >= 0.6 is 35.5 Å². The van der Waals surface area contributed by atoms with Crippen LogP contribution in [0.15, 0.2) is 47.8 Å². The molecule has 1 aromatic carbocycles. The van der Waals surface area contributed by atoms with Crippen molar-refractivity contribution in [3.8, 4) is 11.3 Å². The summed E-state index contributed by atoms with van der Waals surface area (Å²) in [5.74, 6) is 0. The summed E-state index contributed by atoms with van der Waals surface area (Å²) < 4.78 is 9.51. The zero-order chi connectivity index (χ0) is 18.3. The number of rotatable bonds is 4. The molecule has 132 valence electrons. The topological polar surface area (TPSA) is 35.1 Å². The van der Waals surface area contributed by atoms with E-state index in [1.165, 1.54) is 22.7 Å². The predicted molar refractivity (Wildman–Crippen MR) is 112 cm³/mol. The number of pyridine rings is 1. The van der Waals surface area contributed by atoms with Crippen LogP contribution in [0.25, 0.3) is 16.9 Å². The summed E-state index contributed by atoms with van der Waals surface area (Å²) in [4.78, 5) is 4.91. The first kappa shape index (κ1) is 17.5. The van der Waals surface area contributed by atoms with Crippen LogP contribution in [0.4, 0.5) is 0 Å². The summed E-state index contributed by atoms with van der Waals surface area (Å²) in [6.07, 6.45) is 4.16. The van der Waals surface area contributed by atoms with E-state index < -0.39 is 0 Å². The van der Waals surface area contributed by atoms with Gasteiger partial charge in [-0.05, 0) is 55.5 Å². The number of thioether (sulfide) groups is 1. The van der Waals surface area contributed by atoms with Crippen molar-refractivity contribution in [1.82, 2.24) is 18.3 Å². The Hall–Kier alpha value is -1.96. The molecule has 3 heterocycles. The molecule has 0 aliphatic rings. The minimum Gasteiger partial charge on any atom is -0.301 e. The van der Waals surface area contributed by atoms with Crippen molar-refractivity contribution in [3.05, 3.63) is 63.4 Å². The van der Waals surface area contributed by atoms with Gasteiger partial charge in [0.2, 0.25) is 0 Å². The number of fused-ring (bicyclic) bond motifs is 1. The van der Waals surface area contributed by atoms with Gasteiger partial charge in [-0.2, -0.15) is 4.37 Å². The molecule has 7 heteroatoms. The van der Waals surface area contributed by atoms with Crippen LogP contribution in [0.2, 0.25) is 0 Å². The molecule has 0 N–H and O–H groups in total. The molecule has 26 heavy (non-hydrogen) atoms. The van der Waals surface area contributed by atoms with E-state index >= 15 is 0 Å². The third-order valence-electron chi connectivity index (χ3n) is 4.33. The Balaban J connectivity index is 1.94. The molecule has 0 unspecified atom stereocenters. The number of aryl methyl sites for hydroxylation is 2. The van der Waals surface area contributed by atoms with Gasteiger partial charge < -0.3 is 4.40 Å². The third kappa shape index (κ3) is 3.11. The molecule has 3 aromatic heterocycles. The summed E-state index contributed by atoms with van der Waals surface area (Å²) in [6.45, 7) is 4.85. The van der Waals surface area contributed by atoms with E-state index in [-0.39, 0.29) is 0 Å². The van der Waals surface area contributed by atoms with Crippen LogP contribution in [0.1, 0.15) is 16.8 Å². The second kappa shape index (κ2) is 6.98. The van der Waals surface area contributed by atoms with Crippen LogP contribution in [0.3, 0.4) is 0 Å². The van der Waals surface area contributed by atoms with Crippen molar-refractivity contribution < 1.29 is 0 Å². The molecule has 4 aromatic rings. The van der Waals surface area contributed by atoms with Gasteiger partial charge in [0.15, 0.2) is 9.11 Å². The van der Waals surface area contributed by atoms with Crippen LogP contribution in [-0.2, 0) is 6.54 Å². The van der Waals surface area contributed by atoms with Gasteiger partial charge in [0.1, 0.15) is 5.65 Å². The van der Waals surface area contributed by atoms with Gasteiger partial charge in [-0.3, -0.25) is 4.57 Å². The first-order chi connectivity index (χ1) is 12.6. The van der Waals surface area contributed by atoms with Crippen LogP contribution in [0.5, 0.6) is 0 Å². The van der Waals surface area contributed by atoms with Crippen molar-refractivity contribution in [2.75, 3.05) is 6.26 Å². The highest BCUT2D eigenvalue weighted by molar-refractivity contribution is 7.98. The maximum absolute atomic E-state index is 5.51. The molecule has 4 rings (SSSR count). The maximum Gasteiger partial charge on any atom is 0.181 e. The molecule has 0 saturated carbocycles. The van der Waals surface area contributed by atoms with Gasteiger partial charge in [-0.15, -0.1) is 0 Å². The fourth-order valence-electron chi connectivity index (χ4n) is 2.98. The summed E-state index contributed by atoms with van der Waals surface area (Å²) in [7, 11) is 0. The summed E-state index contributed by atoms with van der Waals surface area (Å²) in [5.41, 5.74) is 6.62. The van der Waals surface area contributed by atoms with E-state index in [0.29, 0.717) is 6.54 Å². The molecular weight excluding hydrogens is 380 g/mol. The number of hydrogen-bond acceptors (Lipinski definition) is 5. The molecule has 0 radical (unpaired) electrons. The monoisotopic (exact) mass is 398 g/mol. The normalized spacial score (nSPS) is 11.3. The molecule has 0 spiro atoms. The molecule has 0 bridgehead atoms. The molecule has 0 saturated heterocycles. The average molecular weight is 399 g/mol. The van der Waals surface area contributed by atoms with Gasteiger partial charge in [0, 0.05) is 11.8 Å². The van der Waals surface area contributed by atoms with E-state index in [9.17, 15) is 0 Å². The molecule has 0 aliphatic carbocycles. The number of aromatic nitrogens is 4. The lowest BCUT2D eigenvalue weighted by molar-refractivity contribution is 0.683. The van der Waals surface area contributed by atoms with Crippen LogP contribution in [0, 0.1) is 17.8 Å². The predicted octanol–water partition coefficient (Wildman–Crippen LogP) is 5.38. The number of hydrogen-bond donors (Lipinski definition) is 0. The molecule has 0 amide bonds. The standard InChI is InChI=1S/C19H18N4S3/c1-12-4-7-14(8-5-12)17-15(11-23-18(25-3)21-26-19(23)24)22-10-13(2)6-9-16(22)20-17/h4-10H,11H2,1-3H3. The van der Waals surface area contributed by atoms with Gasteiger partial charge in [-0.1, -0.05) is 47.7 Å². The van der Waals surface area contributed by atoms with Gasteiger partial charge in [-0.25, -0.2) is 4.98 Å². The lowest BCUT2D eigenvalue weighted by atomic mass is 10.1. The van der Waals surface area contributed by atoms with Crippen molar-refractivity contribution in [1.29, 1.82) is 0 Å². The molecule has 0 aliphatic heterocycles. The smallest absolute Gasteiger partial charge is 0.181 e. The highest BCUT2D eigenvalue weighted by Gasteiger charge is 2.17. The fraction of sp³-hybridized carbons (Fsp3) is 0.211. The Morgan fingerprint density at radius 2 is 1.81 bits per heavy atom. The van der Waals surface area contributed by atoms with E-state index in [4.69, 9.17) is 17.2 Å². The summed E-state index contributed by atoms with van der Waals surface area (Å²) >= 11 is 8.50. The summed E-state index contributed by atoms with van der Waals surface area (Å²) in [5, 5.41) is 0.942. The average Bonchev–Trinajstić information content (AvgIpc) is 3.17. The lowest BCUT2D eigenvalue weighted by Crippen LogP contribution is -2.06. The van der Waals surface area contributed by atoms with Crippen molar-refractivity contribution in [2.24, 2.45) is 0 Å². The third-order valence-corrected chi connectivity index (χ3v) is 6.21. The quantitative estimate of drug-likeness (QED) is 0.342. The Labute approximate surface area is 165 Å². The van der Waals surface area contributed by atoms with Gasteiger partial charge in [0.25, 0.3) is 0 Å². The van der Waals surface area contributed by atoms with E-state index in [1.54, 1.807) is 11.8 Å². The molecule has 0 atom stereocenters. The second-order valence-electron chi connectivity index (χ2n) is 6.23. The zero-order valence-corrected chi connectivity index (χ0v) is 17.2. The number of nitrogens with zero attached hydrogens (tertiary/aromatic N) is 4. The molecule has 0 fully saturated rings. The fourth-order valence-corrected chi connectivity index (χ4v) is 4.65. The largest absolute Gasteiger partial charge is 0.301 e. The Kier molecular flexibility index (Phi) is 4.69. The summed E-state index contributed by atoms with van der Waals surface area (Å²) in [6, 6.07) is 12.7. The van der Waals surface area contributed by atoms with Gasteiger partial charge >= 0.3 is 0 Å². The number of benzene rings is 1. The van der Waals surface area contributed by atoms with Crippen molar-refractivity contribution in [2.45, 2.75) is 25.5 Å². The second-order valence-corrected chi connectivity index (χ2v) is 8.40. The maximum atomic E-state index is 5.51. The van der Waals surface area contributed by atoms with E-state index in [2.05, 4.69) is 69.8 Å². The number of imidazole rings is 1. The highest BCUT2D eigenvalue weighted by atomic mass is 32.2. The molecule has 4 nitrogen and oxygen atoms in total. The first-order valence-electron chi connectivity index (χ1n) is 8.22. The van der Waals surface area contributed by atoms with E-state index in [0.717, 1.165) is 31.7 Å². The van der Waals surface area contributed by atoms with Crippen molar-refractivity contribution in [3.63, 3.8) is 0 Å².